The number of halogens is 1. The molecule has 0 N–H and O–H groups in total. The van der Waals surface area contributed by atoms with Crippen LogP contribution >= 0.6 is 11.6 Å². The number of aromatic nitrogens is 2. The molecule has 112 valence electrons. The Morgan fingerprint density at radius 3 is 2.95 bits per heavy atom. The summed E-state index contributed by atoms with van der Waals surface area (Å²) in [5.41, 5.74) is 0. The van der Waals surface area contributed by atoms with E-state index in [4.69, 9.17) is 16.3 Å². The Morgan fingerprint density at radius 1 is 1.40 bits per heavy atom. The highest BCUT2D eigenvalue weighted by molar-refractivity contribution is 6.29. The summed E-state index contributed by atoms with van der Waals surface area (Å²) in [6.07, 6.45) is 1.13. The second-order valence-electron chi connectivity index (χ2n) is 5.26. The minimum absolute atomic E-state index is 0.409. The average Bonchev–Trinajstić information content (AvgIpc) is 2.56. The fraction of sp³-hybridized carbons (Fsp3) is 0.714. The summed E-state index contributed by atoms with van der Waals surface area (Å²) in [6, 6.07) is 2.26. The highest BCUT2D eigenvalue weighted by atomic mass is 35.5. The van der Waals surface area contributed by atoms with Crippen molar-refractivity contribution in [1.29, 1.82) is 0 Å². The number of ether oxygens (including phenoxy) is 1. The minimum atomic E-state index is 0.409. The van der Waals surface area contributed by atoms with Gasteiger partial charge < -0.3 is 14.5 Å². The average molecular weight is 299 g/mol. The van der Waals surface area contributed by atoms with Gasteiger partial charge in [-0.05, 0) is 33.9 Å². The van der Waals surface area contributed by atoms with Crippen molar-refractivity contribution < 1.29 is 4.74 Å². The van der Waals surface area contributed by atoms with E-state index < -0.39 is 0 Å². The second-order valence-corrected chi connectivity index (χ2v) is 5.65. The first-order chi connectivity index (χ1) is 9.60. The molecule has 2 rings (SSSR count). The van der Waals surface area contributed by atoms with E-state index in [1.54, 1.807) is 0 Å². The zero-order valence-corrected chi connectivity index (χ0v) is 13.2. The van der Waals surface area contributed by atoms with E-state index in [0.29, 0.717) is 30.2 Å². The molecule has 0 aliphatic carbocycles. The van der Waals surface area contributed by atoms with Gasteiger partial charge in [0.25, 0.3) is 0 Å². The lowest BCUT2D eigenvalue weighted by Gasteiger charge is -2.29. The zero-order chi connectivity index (χ0) is 14.5. The Bertz CT molecular complexity index is 443. The maximum absolute atomic E-state index is 6.12. The minimum Gasteiger partial charge on any atom is -0.374 e. The molecule has 0 radical (unpaired) electrons. The molecule has 6 heteroatoms. The summed E-state index contributed by atoms with van der Waals surface area (Å²) >= 11 is 6.12. The van der Waals surface area contributed by atoms with Crippen molar-refractivity contribution in [3.63, 3.8) is 0 Å². The summed E-state index contributed by atoms with van der Waals surface area (Å²) in [5.74, 6) is 1.56. The Hall–Kier alpha value is -0.910. The standard InChI is InChI=1S/C14H23ClN4O/c1-4-20-10-13-16-12(15)8-14(17-13)19-7-5-6-18(3)9-11(19)2/h8,11H,4-7,9-10H2,1-3H3. The number of rotatable bonds is 4. The van der Waals surface area contributed by atoms with Crippen molar-refractivity contribution >= 4 is 17.4 Å². The molecule has 0 saturated carbocycles. The Morgan fingerprint density at radius 2 is 2.20 bits per heavy atom. The van der Waals surface area contributed by atoms with E-state index in [-0.39, 0.29) is 0 Å². The molecule has 0 spiro atoms. The first-order valence-electron chi connectivity index (χ1n) is 7.16. The van der Waals surface area contributed by atoms with Gasteiger partial charge >= 0.3 is 0 Å². The molecule has 1 fully saturated rings. The maximum Gasteiger partial charge on any atom is 0.158 e. The van der Waals surface area contributed by atoms with Crippen molar-refractivity contribution in [1.82, 2.24) is 14.9 Å². The first kappa shape index (κ1) is 15.5. The molecule has 1 aliphatic heterocycles. The predicted octanol–water partition coefficient (Wildman–Crippen LogP) is 2.20. The van der Waals surface area contributed by atoms with Crippen LogP contribution in [0.2, 0.25) is 5.15 Å². The van der Waals surface area contributed by atoms with Gasteiger partial charge in [0.1, 0.15) is 17.6 Å². The zero-order valence-electron chi connectivity index (χ0n) is 12.5. The normalized spacial score (nSPS) is 21.0. The van der Waals surface area contributed by atoms with E-state index in [1.165, 1.54) is 0 Å². The molecular formula is C14H23ClN4O. The van der Waals surface area contributed by atoms with Crippen LogP contribution in [0.15, 0.2) is 6.07 Å². The quantitative estimate of drug-likeness (QED) is 0.797. The second kappa shape index (κ2) is 7.20. The molecular weight excluding hydrogens is 276 g/mol. The van der Waals surface area contributed by atoms with Gasteiger partial charge in [-0.2, -0.15) is 0 Å². The number of nitrogens with zero attached hydrogens (tertiary/aromatic N) is 4. The van der Waals surface area contributed by atoms with E-state index >= 15 is 0 Å². The number of hydrogen-bond acceptors (Lipinski definition) is 5. The Kier molecular flexibility index (Phi) is 5.57. The van der Waals surface area contributed by atoms with E-state index in [0.717, 1.165) is 31.9 Å². The molecule has 1 saturated heterocycles. The maximum atomic E-state index is 6.12. The van der Waals surface area contributed by atoms with Crippen LogP contribution in [0, 0.1) is 0 Å². The summed E-state index contributed by atoms with van der Waals surface area (Å²) in [7, 11) is 2.16. The molecule has 1 unspecified atom stereocenters. The van der Waals surface area contributed by atoms with Crippen LogP contribution in [0.4, 0.5) is 5.82 Å². The third-order valence-electron chi connectivity index (χ3n) is 3.50. The topological polar surface area (TPSA) is 41.5 Å². The lowest BCUT2D eigenvalue weighted by atomic mass is 10.2. The van der Waals surface area contributed by atoms with Gasteiger partial charge in [-0.15, -0.1) is 0 Å². The van der Waals surface area contributed by atoms with Crippen LogP contribution in [-0.4, -0.2) is 54.2 Å². The summed E-state index contributed by atoms with van der Waals surface area (Å²) < 4.78 is 5.38. The van der Waals surface area contributed by atoms with Crippen LogP contribution in [0.3, 0.4) is 0 Å². The largest absolute Gasteiger partial charge is 0.374 e. The molecule has 1 atom stereocenters. The SMILES string of the molecule is CCOCc1nc(Cl)cc(N2CCCN(C)CC2C)n1. The van der Waals surface area contributed by atoms with Crippen LogP contribution in [-0.2, 0) is 11.3 Å². The Labute approximate surface area is 125 Å². The third-order valence-corrected chi connectivity index (χ3v) is 3.70. The summed E-state index contributed by atoms with van der Waals surface area (Å²) in [4.78, 5) is 13.5. The monoisotopic (exact) mass is 298 g/mol. The number of likely N-dealkylation sites (N-methyl/N-ethyl adjacent to an activating group) is 1. The van der Waals surface area contributed by atoms with Gasteiger partial charge in [0.15, 0.2) is 5.82 Å². The van der Waals surface area contributed by atoms with Gasteiger partial charge in [0.05, 0.1) is 0 Å². The van der Waals surface area contributed by atoms with Crippen molar-refractivity contribution in [2.24, 2.45) is 0 Å². The van der Waals surface area contributed by atoms with Crippen molar-refractivity contribution in [2.75, 3.05) is 38.2 Å². The van der Waals surface area contributed by atoms with Gasteiger partial charge in [-0.25, -0.2) is 9.97 Å². The molecule has 0 amide bonds. The number of hydrogen-bond donors (Lipinski definition) is 0. The van der Waals surface area contributed by atoms with E-state index in [2.05, 4.69) is 33.7 Å². The van der Waals surface area contributed by atoms with Crippen LogP contribution in [0.25, 0.3) is 0 Å². The molecule has 1 aromatic rings. The predicted molar refractivity (Wildman–Crippen MR) is 81.3 cm³/mol. The third kappa shape index (κ3) is 4.04. The van der Waals surface area contributed by atoms with Crippen molar-refractivity contribution in [3.05, 3.63) is 17.0 Å². The molecule has 20 heavy (non-hydrogen) atoms. The van der Waals surface area contributed by atoms with Crippen LogP contribution < -0.4 is 4.90 Å². The molecule has 2 heterocycles. The lowest BCUT2D eigenvalue weighted by molar-refractivity contribution is 0.128. The molecule has 0 aromatic carbocycles. The summed E-state index contributed by atoms with van der Waals surface area (Å²) in [5, 5.41) is 0.481. The Balaban J connectivity index is 2.19. The number of anilines is 1. The van der Waals surface area contributed by atoms with Gasteiger partial charge in [0, 0.05) is 31.8 Å². The van der Waals surface area contributed by atoms with E-state index in [1.807, 2.05) is 13.0 Å². The summed E-state index contributed by atoms with van der Waals surface area (Å²) in [6.45, 7) is 8.38. The lowest BCUT2D eigenvalue weighted by Crippen LogP contribution is -2.38. The fourth-order valence-corrected chi connectivity index (χ4v) is 2.76. The fourth-order valence-electron chi connectivity index (χ4n) is 2.57. The van der Waals surface area contributed by atoms with Gasteiger partial charge in [-0.3, -0.25) is 0 Å². The van der Waals surface area contributed by atoms with Crippen molar-refractivity contribution in [3.8, 4) is 0 Å². The van der Waals surface area contributed by atoms with E-state index in [9.17, 15) is 0 Å². The van der Waals surface area contributed by atoms with Gasteiger partial charge in [-0.1, -0.05) is 11.6 Å². The molecule has 5 nitrogen and oxygen atoms in total. The molecule has 0 bridgehead atoms. The molecule has 1 aliphatic rings. The van der Waals surface area contributed by atoms with Crippen LogP contribution in [0.1, 0.15) is 26.1 Å². The first-order valence-corrected chi connectivity index (χ1v) is 7.54. The highest BCUT2D eigenvalue weighted by Crippen LogP contribution is 2.21. The van der Waals surface area contributed by atoms with Crippen molar-refractivity contribution in [2.45, 2.75) is 32.9 Å². The molecule has 1 aromatic heterocycles. The van der Waals surface area contributed by atoms with Crippen LogP contribution in [0.5, 0.6) is 0 Å². The highest BCUT2D eigenvalue weighted by Gasteiger charge is 2.21. The smallest absolute Gasteiger partial charge is 0.158 e. The van der Waals surface area contributed by atoms with Gasteiger partial charge in [0.2, 0.25) is 0 Å².